The number of hydrogen-bond donors (Lipinski definition) is 1. The van der Waals surface area contributed by atoms with E-state index in [0.717, 1.165) is 0 Å². The zero-order chi connectivity index (χ0) is 21.1. The van der Waals surface area contributed by atoms with E-state index in [1.165, 1.54) is 25.3 Å². The van der Waals surface area contributed by atoms with Crippen molar-refractivity contribution in [1.82, 2.24) is 0 Å². The minimum Gasteiger partial charge on any atom is -0.497 e. The van der Waals surface area contributed by atoms with Crippen LogP contribution >= 0.6 is 0 Å². The minimum atomic E-state index is -0.770. The summed E-state index contributed by atoms with van der Waals surface area (Å²) < 4.78 is 15.8. The van der Waals surface area contributed by atoms with Crippen LogP contribution < -0.4 is 10.1 Å². The van der Waals surface area contributed by atoms with Crippen LogP contribution in [0.1, 0.15) is 21.7 Å². The molecule has 1 aromatic heterocycles. The Kier molecular flexibility index (Phi) is 5.49. The summed E-state index contributed by atoms with van der Waals surface area (Å²) in [6.07, 6.45) is 0. The fourth-order valence-electron chi connectivity index (χ4n) is 2.81. The number of nitrogens with zero attached hydrogens (tertiary/aromatic N) is 1. The van der Waals surface area contributed by atoms with E-state index in [9.17, 15) is 19.7 Å². The lowest BCUT2D eigenvalue weighted by Gasteiger charge is -2.08. The first-order valence-electron chi connectivity index (χ1n) is 8.59. The van der Waals surface area contributed by atoms with Crippen molar-refractivity contribution < 1.29 is 28.4 Å². The van der Waals surface area contributed by atoms with Gasteiger partial charge in [0.05, 0.1) is 12.0 Å². The van der Waals surface area contributed by atoms with Gasteiger partial charge in [0.2, 0.25) is 5.76 Å². The molecule has 0 fully saturated rings. The molecule has 9 heteroatoms. The van der Waals surface area contributed by atoms with Gasteiger partial charge in [0.15, 0.2) is 6.61 Å². The summed E-state index contributed by atoms with van der Waals surface area (Å²) >= 11 is 0. The molecule has 1 N–H and O–H groups in total. The maximum absolute atomic E-state index is 12.3. The van der Waals surface area contributed by atoms with Crippen LogP contribution in [-0.2, 0) is 9.53 Å². The van der Waals surface area contributed by atoms with Crippen LogP contribution in [0.3, 0.4) is 0 Å². The smallest absolute Gasteiger partial charge is 0.375 e. The highest BCUT2D eigenvalue weighted by Crippen LogP contribution is 2.29. The quantitative estimate of drug-likeness (QED) is 0.381. The van der Waals surface area contributed by atoms with Crippen LogP contribution in [-0.4, -0.2) is 30.5 Å². The molecule has 0 aliphatic carbocycles. The number of esters is 1. The van der Waals surface area contributed by atoms with Gasteiger partial charge in [-0.25, -0.2) is 4.79 Å². The van der Waals surface area contributed by atoms with Crippen molar-refractivity contribution in [2.45, 2.75) is 13.8 Å². The highest BCUT2D eigenvalue weighted by molar-refractivity contribution is 5.98. The Labute approximate surface area is 165 Å². The molecule has 0 atom stereocenters. The number of carbonyl (C=O) groups is 2. The Bertz CT molecular complexity index is 1120. The second-order valence-corrected chi connectivity index (χ2v) is 6.30. The van der Waals surface area contributed by atoms with E-state index in [1.54, 1.807) is 32.0 Å². The van der Waals surface area contributed by atoms with Crippen molar-refractivity contribution in [3.8, 4) is 5.75 Å². The second kappa shape index (κ2) is 8.01. The highest BCUT2D eigenvalue weighted by atomic mass is 16.6. The number of ether oxygens (including phenoxy) is 2. The molecule has 0 bridgehead atoms. The van der Waals surface area contributed by atoms with Crippen molar-refractivity contribution in [1.29, 1.82) is 0 Å². The van der Waals surface area contributed by atoms with E-state index in [4.69, 9.17) is 13.9 Å². The van der Waals surface area contributed by atoms with Crippen molar-refractivity contribution >= 4 is 34.2 Å². The predicted octanol–water partition coefficient (Wildman–Crippen LogP) is 3.76. The van der Waals surface area contributed by atoms with Crippen molar-refractivity contribution in [3.05, 3.63) is 63.4 Å². The minimum absolute atomic E-state index is 0.00701. The van der Waals surface area contributed by atoms with E-state index in [0.29, 0.717) is 33.5 Å². The zero-order valence-corrected chi connectivity index (χ0v) is 16.0. The monoisotopic (exact) mass is 398 g/mol. The van der Waals surface area contributed by atoms with Gasteiger partial charge < -0.3 is 19.2 Å². The van der Waals surface area contributed by atoms with E-state index < -0.39 is 23.4 Å². The first-order valence-corrected chi connectivity index (χ1v) is 8.59. The van der Waals surface area contributed by atoms with Crippen LogP contribution in [0, 0.1) is 24.0 Å². The molecule has 0 aliphatic heterocycles. The first-order chi connectivity index (χ1) is 13.8. The highest BCUT2D eigenvalue weighted by Gasteiger charge is 2.21. The molecule has 0 saturated heterocycles. The number of fused-ring (bicyclic) bond motifs is 1. The lowest BCUT2D eigenvalue weighted by molar-refractivity contribution is -0.384. The topological polar surface area (TPSA) is 121 Å². The van der Waals surface area contributed by atoms with Gasteiger partial charge in [-0.1, -0.05) is 0 Å². The molecule has 0 unspecified atom stereocenters. The molecular formula is C20H18N2O7. The van der Waals surface area contributed by atoms with Gasteiger partial charge in [-0.15, -0.1) is 0 Å². The average molecular weight is 398 g/mol. The first kappa shape index (κ1) is 19.9. The Balaban J connectivity index is 1.66. The lowest BCUT2D eigenvalue weighted by atomic mass is 10.1. The van der Waals surface area contributed by atoms with Crippen LogP contribution in [0.4, 0.5) is 11.4 Å². The second-order valence-electron chi connectivity index (χ2n) is 6.30. The van der Waals surface area contributed by atoms with Crippen molar-refractivity contribution in [2.75, 3.05) is 19.0 Å². The standard InChI is InChI=1S/C20H18N2O7/c1-11-8-13(22(25)26)4-6-16(11)21-18(23)10-28-20(24)19-12(2)15-9-14(27-3)5-7-17(15)29-19/h4-9H,10H2,1-3H3,(H,21,23). The number of rotatable bonds is 6. The summed E-state index contributed by atoms with van der Waals surface area (Å²) in [6.45, 7) is 2.80. The molecule has 1 amide bonds. The number of carbonyl (C=O) groups excluding carboxylic acids is 2. The van der Waals surface area contributed by atoms with Crippen LogP contribution in [0.25, 0.3) is 11.0 Å². The SMILES string of the molecule is COc1ccc2oc(C(=O)OCC(=O)Nc3ccc([N+](=O)[O-])cc3C)c(C)c2c1. The van der Waals surface area contributed by atoms with Gasteiger partial charge in [-0.2, -0.15) is 0 Å². The van der Waals surface area contributed by atoms with Gasteiger partial charge in [0, 0.05) is 28.8 Å². The molecule has 3 rings (SSSR count). The predicted molar refractivity (Wildman–Crippen MR) is 104 cm³/mol. The number of nitro benzene ring substituents is 1. The number of benzene rings is 2. The zero-order valence-electron chi connectivity index (χ0n) is 16.0. The molecule has 0 spiro atoms. The largest absolute Gasteiger partial charge is 0.497 e. The molecule has 2 aromatic carbocycles. The maximum Gasteiger partial charge on any atom is 0.375 e. The molecule has 9 nitrogen and oxygen atoms in total. The summed E-state index contributed by atoms with van der Waals surface area (Å²) in [7, 11) is 1.54. The number of aryl methyl sites for hydroxylation is 2. The molecule has 1 heterocycles. The molecule has 29 heavy (non-hydrogen) atoms. The Morgan fingerprint density at radius 2 is 1.93 bits per heavy atom. The summed E-state index contributed by atoms with van der Waals surface area (Å²) in [5.41, 5.74) is 1.91. The van der Waals surface area contributed by atoms with Gasteiger partial charge >= 0.3 is 5.97 Å². The third-order valence-electron chi connectivity index (χ3n) is 4.36. The average Bonchev–Trinajstić information content (AvgIpc) is 3.03. The molecule has 3 aromatic rings. The van der Waals surface area contributed by atoms with Gasteiger partial charge in [-0.3, -0.25) is 14.9 Å². The van der Waals surface area contributed by atoms with Gasteiger partial charge in [0.1, 0.15) is 11.3 Å². The molecule has 150 valence electrons. The fraction of sp³-hybridized carbons (Fsp3) is 0.200. The molecule has 0 saturated carbocycles. The van der Waals surface area contributed by atoms with E-state index in [1.807, 2.05) is 0 Å². The van der Waals surface area contributed by atoms with Gasteiger partial charge in [-0.05, 0) is 43.7 Å². The number of methoxy groups -OCH3 is 1. The molecular weight excluding hydrogens is 380 g/mol. The van der Waals surface area contributed by atoms with Crippen LogP contribution in [0.5, 0.6) is 5.75 Å². The summed E-state index contributed by atoms with van der Waals surface area (Å²) in [4.78, 5) is 34.7. The number of hydrogen-bond acceptors (Lipinski definition) is 7. The number of nitrogens with one attached hydrogen (secondary N) is 1. The number of anilines is 1. The number of non-ortho nitro benzene ring substituents is 1. The lowest BCUT2D eigenvalue weighted by Crippen LogP contribution is -2.21. The van der Waals surface area contributed by atoms with Gasteiger partial charge in [0.25, 0.3) is 11.6 Å². The third kappa shape index (κ3) is 4.18. The Morgan fingerprint density at radius 3 is 2.59 bits per heavy atom. The third-order valence-corrected chi connectivity index (χ3v) is 4.36. The molecule has 0 radical (unpaired) electrons. The summed E-state index contributed by atoms with van der Waals surface area (Å²) in [6, 6.07) is 9.18. The van der Waals surface area contributed by atoms with Crippen molar-refractivity contribution in [3.63, 3.8) is 0 Å². The Hall–Kier alpha value is -3.88. The Morgan fingerprint density at radius 1 is 1.17 bits per heavy atom. The maximum atomic E-state index is 12.3. The number of nitro groups is 1. The summed E-state index contributed by atoms with van der Waals surface area (Å²) in [5, 5.41) is 14.0. The number of furan rings is 1. The molecule has 0 aliphatic rings. The normalized spacial score (nSPS) is 10.6. The fourth-order valence-corrected chi connectivity index (χ4v) is 2.81. The summed E-state index contributed by atoms with van der Waals surface area (Å²) in [5.74, 6) is -0.717. The van der Waals surface area contributed by atoms with Crippen LogP contribution in [0.15, 0.2) is 40.8 Å². The van der Waals surface area contributed by atoms with Crippen molar-refractivity contribution in [2.24, 2.45) is 0 Å². The van der Waals surface area contributed by atoms with E-state index in [-0.39, 0.29) is 11.4 Å². The van der Waals surface area contributed by atoms with Crippen LogP contribution in [0.2, 0.25) is 0 Å². The van der Waals surface area contributed by atoms with E-state index in [2.05, 4.69) is 5.32 Å². The number of amides is 1. The van der Waals surface area contributed by atoms with E-state index >= 15 is 0 Å².